The lowest BCUT2D eigenvalue weighted by molar-refractivity contribution is -0.131. The minimum atomic E-state index is -3.30. The molecule has 0 radical (unpaired) electrons. The van der Waals surface area contributed by atoms with Crippen molar-refractivity contribution in [2.24, 2.45) is 0 Å². The van der Waals surface area contributed by atoms with E-state index in [1.807, 2.05) is 0 Å². The summed E-state index contributed by atoms with van der Waals surface area (Å²) in [7, 11) is -3.30. The second-order valence-electron chi connectivity index (χ2n) is 3.56. The number of nitrogens with one attached hydrogen (secondary N) is 1. The fourth-order valence-corrected chi connectivity index (χ4v) is 1.78. The molecule has 1 aromatic rings. The number of carboxylic acids is 1. The molecular formula is C12H13NO4S. The Morgan fingerprint density at radius 1 is 1.33 bits per heavy atom. The van der Waals surface area contributed by atoms with Crippen LogP contribution in [0.5, 0.6) is 0 Å². The van der Waals surface area contributed by atoms with E-state index in [0.717, 1.165) is 17.9 Å². The lowest BCUT2D eigenvalue weighted by Gasteiger charge is -2.03. The van der Waals surface area contributed by atoms with Crippen LogP contribution in [-0.2, 0) is 14.8 Å². The molecule has 0 unspecified atom stereocenters. The van der Waals surface area contributed by atoms with Gasteiger partial charge < -0.3 is 5.11 Å². The van der Waals surface area contributed by atoms with Crippen molar-refractivity contribution in [3.05, 3.63) is 48.1 Å². The fraction of sp³-hybridized carbons (Fsp3) is 0.0833. The van der Waals surface area contributed by atoms with Gasteiger partial charge in [0.25, 0.3) is 0 Å². The van der Waals surface area contributed by atoms with Gasteiger partial charge in [-0.2, -0.15) is 0 Å². The van der Waals surface area contributed by atoms with Gasteiger partial charge in [-0.1, -0.05) is 30.4 Å². The number of hydrogen-bond acceptors (Lipinski definition) is 3. The molecule has 0 aromatic heterocycles. The maximum Gasteiger partial charge on any atom is 0.328 e. The summed E-state index contributed by atoms with van der Waals surface area (Å²) in [5.74, 6) is -1.02. The van der Waals surface area contributed by atoms with Gasteiger partial charge in [-0.25, -0.2) is 13.2 Å². The van der Waals surface area contributed by atoms with Gasteiger partial charge in [-0.05, 0) is 17.7 Å². The first-order valence-electron chi connectivity index (χ1n) is 5.02. The van der Waals surface area contributed by atoms with Crippen LogP contribution < -0.4 is 4.72 Å². The summed E-state index contributed by atoms with van der Waals surface area (Å²) < 4.78 is 24.4. The van der Waals surface area contributed by atoms with Crippen LogP contribution in [0, 0.1) is 0 Å². The van der Waals surface area contributed by atoms with E-state index in [9.17, 15) is 13.2 Å². The normalized spacial score (nSPS) is 12.1. The molecule has 1 rings (SSSR count). The lowest BCUT2D eigenvalue weighted by Crippen LogP contribution is -2.09. The van der Waals surface area contributed by atoms with Gasteiger partial charge in [-0.15, -0.1) is 0 Å². The monoisotopic (exact) mass is 267 g/mol. The summed E-state index contributed by atoms with van der Waals surface area (Å²) in [6.45, 7) is 0. The number of rotatable bonds is 5. The molecule has 2 N–H and O–H groups in total. The summed E-state index contributed by atoms with van der Waals surface area (Å²) in [4.78, 5) is 10.2. The number of anilines is 1. The fourth-order valence-electron chi connectivity index (χ4n) is 1.22. The molecule has 5 nitrogen and oxygen atoms in total. The second kappa shape index (κ2) is 6.02. The molecule has 0 amide bonds. The number of aliphatic carboxylic acids is 1. The van der Waals surface area contributed by atoms with Gasteiger partial charge in [0.2, 0.25) is 10.0 Å². The summed E-state index contributed by atoms with van der Waals surface area (Å²) in [5, 5.41) is 8.38. The number of carboxylic acid groups (broad SMARTS) is 1. The molecule has 0 saturated heterocycles. The molecule has 0 aliphatic heterocycles. The largest absolute Gasteiger partial charge is 0.478 e. The summed E-state index contributed by atoms with van der Waals surface area (Å²) in [6, 6.07) is 6.75. The molecule has 18 heavy (non-hydrogen) atoms. The van der Waals surface area contributed by atoms with Crippen LogP contribution >= 0.6 is 0 Å². The molecular weight excluding hydrogens is 254 g/mol. The maximum atomic E-state index is 11.0. The highest BCUT2D eigenvalue weighted by molar-refractivity contribution is 7.92. The molecule has 0 aliphatic rings. The van der Waals surface area contributed by atoms with Crippen LogP contribution in [0.3, 0.4) is 0 Å². The third-order valence-corrected chi connectivity index (χ3v) is 2.43. The Morgan fingerprint density at radius 2 is 2.06 bits per heavy atom. The first-order valence-corrected chi connectivity index (χ1v) is 6.91. The van der Waals surface area contributed by atoms with Crippen LogP contribution in [0.25, 0.3) is 6.08 Å². The average Bonchev–Trinajstić information content (AvgIpc) is 2.22. The molecule has 0 fully saturated rings. The number of benzene rings is 1. The van der Waals surface area contributed by atoms with Crippen molar-refractivity contribution in [3.63, 3.8) is 0 Å². The van der Waals surface area contributed by atoms with Crippen LogP contribution in [0.4, 0.5) is 5.69 Å². The molecule has 0 spiro atoms. The zero-order valence-corrected chi connectivity index (χ0v) is 10.5. The maximum absolute atomic E-state index is 11.0. The first kappa shape index (κ1) is 14.0. The lowest BCUT2D eigenvalue weighted by atomic mass is 10.2. The summed E-state index contributed by atoms with van der Waals surface area (Å²) in [5.41, 5.74) is 1.22. The minimum absolute atomic E-state index is 0.460. The number of hydrogen-bond donors (Lipinski definition) is 2. The standard InChI is InChI=1S/C12H13NO4S/c1-18(16,17)13-11-7-4-6-10(9-11)5-2-3-8-12(14)15/h2-9,13H,1H3,(H,14,15). The van der Waals surface area contributed by atoms with Crippen molar-refractivity contribution in [1.82, 2.24) is 0 Å². The first-order chi connectivity index (χ1) is 8.37. The van der Waals surface area contributed by atoms with Crippen molar-refractivity contribution in [1.29, 1.82) is 0 Å². The van der Waals surface area contributed by atoms with E-state index in [-0.39, 0.29) is 0 Å². The average molecular weight is 267 g/mol. The van der Waals surface area contributed by atoms with E-state index in [1.165, 1.54) is 6.08 Å². The topological polar surface area (TPSA) is 83.5 Å². The van der Waals surface area contributed by atoms with Crippen LogP contribution in [-0.4, -0.2) is 25.7 Å². The van der Waals surface area contributed by atoms with E-state index in [2.05, 4.69) is 4.72 Å². The second-order valence-corrected chi connectivity index (χ2v) is 5.30. The molecule has 0 saturated carbocycles. The van der Waals surface area contributed by atoms with Gasteiger partial charge in [0.15, 0.2) is 0 Å². The van der Waals surface area contributed by atoms with E-state index in [1.54, 1.807) is 36.4 Å². The predicted molar refractivity (Wildman–Crippen MR) is 70.7 cm³/mol. The Bertz CT molecular complexity index is 588. The highest BCUT2D eigenvalue weighted by Gasteiger charge is 2.00. The number of allylic oxidation sites excluding steroid dienone is 2. The van der Waals surface area contributed by atoms with Gasteiger partial charge in [-0.3, -0.25) is 4.72 Å². The van der Waals surface area contributed by atoms with E-state index >= 15 is 0 Å². The van der Waals surface area contributed by atoms with Crippen LogP contribution in [0.15, 0.2) is 42.5 Å². The molecule has 1 aromatic carbocycles. The van der Waals surface area contributed by atoms with E-state index in [0.29, 0.717) is 5.69 Å². The van der Waals surface area contributed by atoms with Gasteiger partial charge in [0, 0.05) is 11.8 Å². The Morgan fingerprint density at radius 3 is 2.67 bits per heavy atom. The van der Waals surface area contributed by atoms with Crippen molar-refractivity contribution in [2.45, 2.75) is 0 Å². The third kappa shape index (κ3) is 5.86. The zero-order valence-electron chi connectivity index (χ0n) is 9.70. The number of sulfonamides is 1. The van der Waals surface area contributed by atoms with E-state index in [4.69, 9.17) is 5.11 Å². The van der Waals surface area contributed by atoms with Crippen LogP contribution in [0.2, 0.25) is 0 Å². The van der Waals surface area contributed by atoms with Gasteiger partial charge in [0.1, 0.15) is 0 Å². The Labute approximate surface area is 106 Å². The van der Waals surface area contributed by atoms with Gasteiger partial charge >= 0.3 is 5.97 Å². The van der Waals surface area contributed by atoms with Crippen molar-refractivity contribution >= 4 is 27.8 Å². The molecule has 0 aliphatic carbocycles. The van der Waals surface area contributed by atoms with Gasteiger partial charge in [0.05, 0.1) is 6.26 Å². The zero-order chi connectivity index (χ0) is 13.6. The van der Waals surface area contributed by atoms with Crippen molar-refractivity contribution in [2.75, 3.05) is 11.0 Å². The molecule has 0 heterocycles. The van der Waals surface area contributed by atoms with E-state index < -0.39 is 16.0 Å². The summed E-state index contributed by atoms with van der Waals surface area (Å²) in [6.07, 6.45) is 6.71. The molecule has 6 heteroatoms. The SMILES string of the molecule is CS(=O)(=O)Nc1cccc(C=CC=CC(=O)O)c1. The Balaban J connectivity index is 2.80. The predicted octanol–water partition coefficient (Wildman–Crippen LogP) is 1.71. The Hall–Kier alpha value is -2.08. The van der Waals surface area contributed by atoms with Crippen molar-refractivity contribution < 1.29 is 18.3 Å². The highest BCUT2D eigenvalue weighted by Crippen LogP contribution is 2.13. The smallest absolute Gasteiger partial charge is 0.328 e. The molecule has 0 bridgehead atoms. The minimum Gasteiger partial charge on any atom is -0.478 e. The quantitative estimate of drug-likeness (QED) is 0.628. The number of carbonyl (C=O) groups is 1. The third-order valence-electron chi connectivity index (χ3n) is 1.83. The Kier molecular flexibility index (Phi) is 4.67. The molecule has 96 valence electrons. The highest BCUT2D eigenvalue weighted by atomic mass is 32.2. The van der Waals surface area contributed by atoms with Crippen molar-refractivity contribution in [3.8, 4) is 0 Å². The molecule has 0 atom stereocenters. The van der Waals surface area contributed by atoms with Crippen LogP contribution in [0.1, 0.15) is 5.56 Å². The summed E-state index contributed by atoms with van der Waals surface area (Å²) >= 11 is 0.